The summed E-state index contributed by atoms with van der Waals surface area (Å²) < 4.78 is 13.1. The van der Waals surface area contributed by atoms with Crippen LogP contribution in [0.1, 0.15) is 5.56 Å². The molecule has 1 amide bonds. The van der Waals surface area contributed by atoms with Gasteiger partial charge in [0.15, 0.2) is 5.92 Å². The lowest BCUT2D eigenvalue weighted by Gasteiger charge is -2.11. The molecule has 0 radical (unpaired) electrons. The van der Waals surface area contributed by atoms with E-state index in [4.69, 9.17) is 23.2 Å². The number of hydrogen-bond acceptors (Lipinski definition) is 3. The summed E-state index contributed by atoms with van der Waals surface area (Å²) in [6.07, 6.45) is 0. The van der Waals surface area contributed by atoms with Gasteiger partial charge in [0.05, 0.1) is 6.07 Å². The molecule has 1 aromatic carbocycles. The molecule has 88 valence electrons. The maximum atomic E-state index is 13.1. The fraction of sp³-hybridized carbons (Fsp3) is 0.182. The summed E-state index contributed by atoms with van der Waals surface area (Å²) in [4.78, 5) is 10.9. The number of aryl methyl sites for hydroxylation is 1. The van der Waals surface area contributed by atoms with Crippen LogP contribution >= 0.6 is 12.2 Å². The highest BCUT2D eigenvalue weighted by molar-refractivity contribution is 7.80. The average molecular weight is 251 g/mol. The van der Waals surface area contributed by atoms with E-state index in [0.29, 0.717) is 11.3 Å². The minimum atomic E-state index is -1.21. The van der Waals surface area contributed by atoms with Crippen LogP contribution in [-0.4, -0.2) is 10.9 Å². The Labute approximate surface area is 103 Å². The van der Waals surface area contributed by atoms with Crippen molar-refractivity contribution in [3.05, 3.63) is 29.6 Å². The molecule has 3 N–H and O–H groups in total. The Kier molecular flexibility index (Phi) is 4.12. The number of nitrogens with two attached hydrogens (primary N) is 1. The van der Waals surface area contributed by atoms with Crippen LogP contribution in [-0.2, 0) is 4.79 Å². The lowest BCUT2D eigenvalue weighted by atomic mass is 10.1. The first-order chi connectivity index (χ1) is 7.93. The number of nitrogens with one attached hydrogen (secondary N) is 1. The number of hydrogen-bond donors (Lipinski definition) is 2. The van der Waals surface area contributed by atoms with E-state index in [-0.39, 0.29) is 4.99 Å². The lowest BCUT2D eigenvalue weighted by Crippen LogP contribution is -2.32. The van der Waals surface area contributed by atoms with Gasteiger partial charge in [-0.05, 0) is 30.7 Å². The summed E-state index contributed by atoms with van der Waals surface area (Å²) in [5, 5.41) is 11.3. The summed E-state index contributed by atoms with van der Waals surface area (Å²) in [6, 6.07) is 5.89. The Morgan fingerprint density at radius 3 is 2.71 bits per heavy atom. The Bertz CT molecular complexity index is 490. The van der Waals surface area contributed by atoms with E-state index in [2.05, 4.69) is 5.32 Å². The maximum absolute atomic E-state index is 13.1. The van der Waals surface area contributed by atoms with Crippen LogP contribution in [0.2, 0.25) is 0 Å². The number of benzene rings is 1. The molecule has 1 atom stereocenters. The van der Waals surface area contributed by atoms with Gasteiger partial charge in [0.2, 0.25) is 5.91 Å². The van der Waals surface area contributed by atoms with Gasteiger partial charge in [0, 0.05) is 5.69 Å². The molecule has 0 bridgehead atoms. The monoisotopic (exact) mass is 251 g/mol. The summed E-state index contributed by atoms with van der Waals surface area (Å²) >= 11 is 4.86. The van der Waals surface area contributed by atoms with Crippen molar-refractivity contribution in [3.63, 3.8) is 0 Å². The van der Waals surface area contributed by atoms with E-state index in [1.807, 2.05) is 0 Å². The molecule has 0 fully saturated rings. The molecule has 0 aliphatic rings. The van der Waals surface area contributed by atoms with Crippen molar-refractivity contribution in [2.45, 2.75) is 6.92 Å². The largest absolute Gasteiger partial charge is 0.368 e. The maximum Gasteiger partial charge on any atom is 0.241 e. The standard InChI is InChI=1S/C11H10FN3OS/c1-6-2-7(12)4-8(3-6)15-11(17)9(5-13)10(14)16/h2-4,9H,1H3,(H2,14,16)(H,15,17). The first-order valence-corrected chi connectivity index (χ1v) is 5.12. The fourth-order valence-electron chi connectivity index (χ4n) is 1.27. The predicted octanol–water partition coefficient (Wildman–Crippen LogP) is 1.50. The Morgan fingerprint density at radius 2 is 2.24 bits per heavy atom. The van der Waals surface area contributed by atoms with E-state index in [1.165, 1.54) is 12.1 Å². The predicted molar refractivity (Wildman–Crippen MR) is 65.7 cm³/mol. The average Bonchev–Trinajstić information content (AvgIpc) is 2.15. The normalized spacial score (nSPS) is 11.4. The third kappa shape index (κ3) is 3.50. The molecule has 0 aliphatic heterocycles. The zero-order valence-corrected chi connectivity index (χ0v) is 9.84. The molecule has 1 aromatic rings. The third-order valence-electron chi connectivity index (χ3n) is 1.99. The minimum Gasteiger partial charge on any atom is -0.368 e. The molecule has 1 rings (SSSR count). The van der Waals surface area contributed by atoms with Gasteiger partial charge in [-0.25, -0.2) is 4.39 Å². The first kappa shape index (κ1) is 13.1. The van der Waals surface area contributed by atoms with Gasteiger partial charge in [-0.15, -0.1) is 0 Å². The molecular formula is C11H10FN3OS. The van der Waals surface area contributed by atoms with Crippen LogP contribution in [0.4, 0.5) is 10.1 Å². The number of rotatable bonds is 3. The van der Waals surface area contributed by atoms with E-state index in [0.717, 1.165) is 0 Å². The number of nitriles is 1. The second-order valence-corrected chi connectivity index (χ2v) is 3.91. The van der Waals surface area contributed by atoms with Gasteiger partial charge in [0.1, 0.15) is 10.8 Å². The summed E-state index contributed by atoms with van der Waals surface area (Å²) in [5.74, 6) is -2.48. The molecule has 0 saturated heterocycles. The molecule has 0 saturated carbocycles. The van der Waals surface area contributed by atoms with Gasteiger partial charge in [-0.1, -0.05) is 12.2 Å². The second kappa shape index (κ2) is 5.37. The topological polar surface area (TPSA) is 78.9 Å². The third-order valence-corrected chi connectivity index (χ3v) is 2.32. The summed E-state index contributed by atoms with van der Waals surface area (Å²) in [7, 11) is 0. The second-order valence-electron chi connectivity index (χ2n) is 3.47. The van der Waals surface area contributed by atoms with E-state index >= 15 is 0 Å². The number of carbonyl (C=O) groups excluding carboxylic acids is 1. The number of halogens is 1. The number of anilines is 1. The van der Waals surface area contributed by atoms with E-state index in [1.54, 1.807) is 19.1 Å². The number of thiocarbonyl (C=S) groups is 1. The zero-order valence-electron chi connectivity index (χ0n) is 9.03. The summed E-state index contributed by atoms with van der Waals surface area (Å²) in [5.41, 5.74) is 6.08. The van der Waals surface area contributed by atoms with E-state index < -0.39 is 17.6 Å². The molecule has 4 nitrogen and oxygen atoms in total. The molecule has 6 heteroatoms. The highest BCUT2D eigenvalue weighted by atomic mass is 32.1. The van der Waals surface area contributed by atoms with Crippen LogP contribution in [0.15, 0.2) is 18.2 Å². The number of amides is 1. The zero-order chi connectivity index (χ0) is 13.0. The van der Waals surface area contributed by atoms with Crippen molar-refractivity contribution in [2.24, 2.45) is 11.7 Å². The van der Waals surface area contributed by atoms with Gasteiger partial charge >= 0.3 is 0 Å². The number of carbonyl (C=O) groups is 1. The van der Waals surface area contributed by atoms with Crippen molar-refractivity contribution >= 4 is 28.8 Å². The van der Waals surface area contributed by atoms with Crippen molar-refractivity contribution in [1.82, 2.24) is 0 Å². The minimum absolute atomic E-state index is 0.0370. The van der Waals surface area contributed by atoms with Crippen molar-refractivity contribution < 1.29 is 9.18 Å². The van der Waals surface area contributed by atoms with Gasteiger partial charge < -0.3 is 11.1 Å². The highest BCUT2D eigenvalue weighted by Crippen LogP contribution is 2.14. The Morgan fingerprint density at radius 1 is 1.59 bits per heavy atom. The Hall–Kier alpha value is -2.00. The van der Waals surface area contributed by atoms with Gasteiger partial charge in [0.25, 0.3) is 0 Å². The summed E-state index contributed by atoms with van der Waals surface area (Å²) in [6.45, 7) is 1.72. The number of primary amides is 1. The van der Waals surface area contributed by atoms with Crippen LogP contribution in [0.25, 0.3) is 0 Å². The molecule has 17 heavy (non-hydrogen) atoms. The van der Waals surface area contributed by atoms with Crippen LogP contribution in [0.3, 0.4) is 0 Å². The smallest absolute Gasteiger partial charge is 0.241 e. The molecule has 1 unspecified atom stereocenters. The van der Waals surface area contributed by atoms with Crippen LogP contribution in [0, 0.1) is 30.0 Å². The fourth-order valence-corrected chi connectivity index (χ4v) is 1.56. The Balaban J connectivity index is 2.88. The molecule has 0 aromatic heterocycles. The van der Waals surface area contributed by atoms with Gasteiger partial charge in [-0.2, -0.15) is 5.26 Å². The molecule has 0 spiro atoms. The van der Waals surface area contributed by atoms with Gasteiger partial charge in [-0.3, -0.25) is 4.79 Å². The highest BCUT2D eigenvalue weighted by Gasteiger charge is 2.20. The quantitative estimate of drug-likeness (QED) is 0.798. The lowest BCUT2D eigenvalue weighted by molar-refractivity contribution is -0.118. The van der Waals surface area contributed by atoms with Crippen molar-refractivity contribution in [2.75, 3.05) is 5.32 Å². The van der Waals surface area contributed by atoms with E-state index in [9.17, 15) is 9.18 Å². The number of nitrogens with zero attached hydrogens (tertiary/aromatic N) is 1. The molecular weight excluding hydrogens is 241 g/mol. The van der Waals surface area contributed by atoms with Crippen LogP contribution < -0.4 is 11.1 Å². The molecule has 0 heterocycles. The van der Waals surface area contributed by atoms with Crippen molar-refractivity contribution in [1.29, 1.82) is 5.26 Å². The SMILES string of the molecule is Cc1cc(F)cc(NC(=S)C(C#N)C(N)=O)c1. The van der Waals surface area contributed by atoms with Crippen LogP contribution in [0.5, 0.6) is 0 Å². The first-order valence-electron chi connectivity index (χ1n) is 4.71. The molecule has 0 aliphatic carbocycles. The van der Waals surface area contributed by atoms with Crippen molar-refractivity contribution in [3.8, 4) is 6.07 Å².